The third-order valence-electron chi connectivity index (χ3n) is 7.69. The van der Waals surface area contributed by atoms with Gasteiger partial charge in [-0.25, -0.2) is 0 Å². The van der Waals surface area contributed by atoms with Crippen molar-refractivity contribution in [2.24, 2.45) is 5.92 Å². The molecule has 1 nitrogen and oxygen atoms in total. The normalized spacial score (nSPS) is 24.0. The fourth-order valence-corrected chi connectivity index (χ4v) is 5.77. The van der Waals surface area contributed by atoms with Gasteiger partial charge in [0, 0.05) is 21.9 Å². The second-order valence-corrected chi connectivity index (χ2v) is 10.3. The fourth-order valence-electron chi connectivity index (χ4n) is 5.77. The van der Waals surface area contributed by atoms with Gasteiger partial charge >= 0.3 is 0 Å². The van der Waals surface area contributed by atoms with Crippen molar-refractivity contribution in [1.82, 2.24) is 0 Å². The van der Waals surface area contributed by atoms with Crippen molar-refractivity contribution >= 4 is 18.7 Å². The maximum atomic E-state index is 6.85. The molecule has 1 heterocycles. The molecular formula is C38H34O. The van der Waals surface area contributed by atoms with E-state index in [1.807, 2.05) is 36.4 Å². The summed E-state index contributed by atoms with van der Waals surface area (Å²) in [5.41, 5.74) is 7.61. The Kier molecular flexibility index (Phi) is 6.85. The van der Waals surface area contributed by atoms with Gasteiger partial charge in [-0.2, -0.15) is 0 Å². The van der Waals surface area contributed by atoms with E-state index >= 15 is 0 Å². The van der Waals surface area contributed by atoms with Crippen LogP contribution in [0, 0.1) is 5.92 Å². The molecular weight excluding hydrogens is 472 g/mol. The molecule has 2 aromatic rings. The van der Waals surface area contributed by atoms with Crippen LogP contribution in [0.5, 0.6) is 5.75 Å². The predicted octanol–water partition coefficient (Wildman–Crippen LogP) is 7.97. The summed E-state index contributed by atoms with van der Waals surface area (Å²) in [6, 6.07) is 20.7. The Morgan fingerprint density at radius 2 is 1.51 bits per heavy atom. The minimum Gasteiger partial charge on any atom is -0.455 e. The highest BCUT2D eigenvalue weighted by atomic mass is 16.5. The standard InChI is InChI=1S/C38H34O/c1-8-32-30(7)31-15-11-12-16-33(31)38(32)34-23-20-25(2)13-9-10-14-28(5)36(34)39-37-29(6)22-19-26(3)17-18-27(4)21-24-35(37)38/h8-24,26H,1-2,4-6H2,3,7H3/b13-9?,14-10?,18-17-,22-19-,23-20?,24-21-. The Bertz CT molecular complexity index is 1730. The lowest BCUT2D eigenvalue weighted by Crippen LogP contribution is -2.36. The van der Waals surface area contributed by atoms with Gasteiger partial charge in [0.1, 0.15) is 11.5 Å². The van der Waals surface area contributed by atoms with Gasteiger partial charge in [-0.05, 0) is 45.9 Å². The van der Waals surface area contributed by atoms with Crippen LogP contribution < -0.4 is 15.2 Å². The zero-order chi connectivity index (χ0) is 27.7. The Balaban J connectivity index is 2.05. The van der Waals surface area contributed by atoms with Crippen LogP contribution >= 0.6 is 0 Å². The first kappa shape index (κ1) is 26.0. The topological polar surface area (TPSA) is 9.23 Å². The van der Waals surface area contributed by atoms with Gasteiger partial charge in [0.25, 0.3) is 0 Å². The number of rotatable bonds is 1. The van der Waals surface area contributed by atoms with E-state index in [4.69, 9.17) is 4.74 Å². The number of benzene rings is 1. The summed E-state index contributed by atoms with van der Waals surface area (Å²) < 4.78 is 6.85. The van der Waals surface area contributed by atoms with Gasteiger partial charge in [0.15, 0.2) is 0 Å². The molecule has 2 atom stereocenters. The van der Waals surface area contributed by atoms with E-state index in [2.05, 4.69) is 114 Å². The van der Waals surface area contributed by atoms with Crippen molar-refractivity contribution in [1.29, 1.82) is 0 Å². The molecule has 0 saturated carbocycles. The lowest BCUT2D eigenvalue weighted by molar-refractivity contribution is 0.395. The van der Waals surface area contributed by atoms with Crippen molar-refractivity contribution in [2.45, 2.75) is 19.3 Å². The summed E-state index contributed by atoms with van der Waals surface area (Å²) in [6.07, 6.45) is 14.6. The fraction of sp³-hybridized carbons (Fsp3) is 0.105. The Hall–Kier alpha value is -4.62. The first-order valence-electron chi connectivity index (χ1n) is 13.2. The van der Waals surface area contributed by atoms with E-state index in [0.29, 0.717) is 11.5 Å². The first-order chi connectivity index (χ1) is 18.8. The summed E-state index contributed by atoms with van der Waals surface area (Å²) in [6.45, 7) is 26.1. The second kappa shape index (κ2) is 10.3. The maximum Gasteiger partial charge on any atom is 0.138 e. The lowest BCUT2D eigenvalue weighted by atomic mass is 9.64. The first-order valence-corrected chi connectivity index (χ1v) is 13.2. The van der Waals surface area contributed by atoms with Crippen LogP contribution in [0.4, 0.5) is 0 Å². The quantitative estimate of drug-likeness (QED) is 0.381. The van der Waals surface area contributed by atoms with Gasteiger partial charge in [0.05, 0.1) is 5.41 Å². The van der Waals surface area contributed by atoms with Gasteiger partial charge in [-0.15, -0.1) is 0 Å². The van der Waals surface area contributed by atoms with Crippen LogP contribution in [0.25, 0.3) is 18.7 Å². The van der Waals surface area contributed by atoms with Crippen LogP contribution in [0.3, 0.4) is 0 Å². The molecule has 1 heteroatoms. The van der Waals surface area contributed by atoms with Gasteiger partial charge < -0.3 is 4.74 Å². The van der Waals surface area contributed by atoms with Crippen molar-refractivity contribution in [3.63, 3.8) is 0 Å². The molecule has 3 aliphatic rings. The van der Waals surface area contributed by atoms with E-state index in [1.54, 1.807) is 0 Å². The highest BCUT2D eigenvalue weighted by molar-refractivity contribution is 5.88. The molecule has 0 bridgehead atoms. The van der Waals surface area contributed by atoms with Crippen LogP contribution in [0.1, 0.15) is 30.5 Å². The molecule has 0 amide bonds. The molecule has 5 rings (SSSR count). The van der Waals surface area contributed by atoms with Crippen molar-refractivity contribution in [2.75, 3.05) is 0 Å². The second-order valence-electron chi connectivity index (χ2n) is 10.3. The van der Waals surface area contributed by atoms with Crippen LogP contribution in [0.2, 0.25) is 0 Å². The highest BCUT2D eigenvalue weighted by Gasteiger charge is 2.51. The molecule has 2 aromatic carbocycles. The third-order valence-corrected chi connectivity index (χ3v) is 7.69. The summed E-state index contributed by atoms with van der Waals surface area (Å²) in [7, 11) is 0. The average molecular weight is 507 g/mol. The molecule has 39 heavy (non-hydrogen) atoms. The van der Waals surface area contributed by atoms with Gasteiger partial charge in [-0.1, -0.05) is 143 Å². The monoisotopic (exact) mass is 506 g/mol. The van der Waals surface area contributed by atoms with E-state index < -0.39 is 5.41 Å². The highest BCUT2D eigenvalue weighted by Crippen LogP contribution is 2.59. The molecule has 1 spiro atoms. The lowest BCUT2D eigenvalue weighted by Gasteiger charge is -2.41. The Morgan fingerprint density at radius 1 is 0.795 bits per heavy atom. The summed E-state index contributed by atoms with van der Waals surface area (Å²) in [4.78, 5) is 0. The zero-order valence-electron chi connectivity index (χ0n) is 22.8. The predicted molar refractivity (Wildman–Crippen MR) is 167 cm³/mol. The zero-order valence-corrected chi connectivity index (χ0v) is 22.8. The molecule has 0 N–H and O–H groups in total. The van der Waals surface area contributed by atoms with Gasteiger partial charge in [-0.3, -0.25) is 0 Å². The van der Waals surface area contributed by atoms with E-state index in [0.717, 1.165) is 38.3 Å². The van der Waals surface area contributed by atoms with Gasteiger partial charge in [0.2, 0.25) is 0 Å². The van der Waals surface area contributed by atoms with Crippen molar-refractivity contribution < 1.29 is 4.74 Å². The number of hydrogen-bond donors (Lipinski definition) is 0. The SMILES string of the molecule is C=CC1=C(C)c2ccccc2C12C1=C(Oc3c2ccc(=C)ccccc3=C)C(=C)/C=C\C(C)/C=C\C(=C)/C=C\1. The molecule has 0 radical (unpaired) electrons. The minimum atomic E-state index is -0.710. The van der Waals surface area contributed by atoms with E-state index in [-0.39, 0.29) is 5.92 Å². The summed E-state index contributed by atoms with van der Waals surface area (Å²) in [5.74, 6) is 1.63. The smallest absolute Gasteiger partial charge is 0.138 e. The van der Waals surface area contributed by atoms with Crippen LogP contribution in [-0.2, 0) is 5.41 Å². The Morgan fingerprint density at radius 3 is 2.31 bits per heavy atom. The van der Waals surface area contributed by atoms with E-state index in [1.165, 1.54) is 16.7 Å². The molecule has 0 saturated heterocycles. The van der Waals surface area contributed by atoms with Crippen LogP contribution in [-0.4, -0.2) is 0 Å². The van der Waals surface area contributed by atoms with Crippen molar-refractivity contribution in [3.8, 4) is 5.75 Å². The number of allylic oxidation sites excluding steroid dienone is 11. The number of hydrogen-bond acceptors (Lipinski definition) is 1. The molecule has 1 aliphatic heterocycles. The molecule has 2 aliphatic carbocycles. The Labute approximate surface area is 232 Å². The summed E-state index contributed by atoms with van der Waals surface area (Å²) >= 11 is 0. The number of ether oxygens (including phenoxy) is 1. The van der Waals surface area contributed by atoms with Crippen molar-refractivity contribution in [3.05, 3.63) is 178 Å². The number of fused-ring (bicyclic) bond motifs is 5. The molecule has 0 fully saturated rings. The molecule has 192 valence electrons. The molecule has 2 unspecified atom stereocenters. The summed E-state index contributed by atoms with van der Waals surface area (Å²) in [5, 5.41) is 1.66. The third kappa shape index (κ3) is 4.30. The minimum absolute atomic E-state index is 0.215. The van der Waals surface area contributed by atoms with E-state index in [9.17, 15) is 0 Å². The maximum absolute atomic E-state index is 6.85. The average Bonchev–Trinajstić information content (AvgIpc) is 3.17. The molecule has 0 aromatic heterocycles. The van der Waals surface area contributed by atoms with Crippen LogP contribution in [0.15, 0.2) is 151 Å². The largest absolute Gasteiger partial charge is 0.455 e.